The van der Waals surface area contributed by atoms with E-state index in [2.05, 4.69) is 136 Å². The molecule has 5 aromatic rings. The molecule has 0 fully saturated rings. The Labute approximate surface area is 197 Å². The van der Waals surface area contributed by atoms with Gasteiger partial charge in [-0.25, -0.2) is 0 Å². The molecule has 0 radical (unpaired) electrons. The lowest BCUT2D eigenvalue weighted by molar-refractivity contribution is 1.45. The van der Waals surface area contributed by atoms with Gasteiger partial charge in [-0.1, -0.05) is 120 Å². The summed E-state index contributed by atoms with van der Waals surface area (Å²) >= 11 is 0. The molecular weight excluding hydrogens is 396 g/mol. The fourth-order valence-corrected chi connectivity index (χ4v) is 4.37. The molecule has 0 aliphatic rings. The number of benzene rings is 5. The first kappa shape index (κ1) is 21.0. The summed E-state index contributed by atoms with van der Waals surface area (Å²) < 4.78 is 0. The van der Waals surface area contributed by atoms with Crippen molar-refractivity contribution in [3.05, 3.63) is 132 Å². The van der Waals surface area contributed by atoms with Crippen molar-refractivity contribution >= 4 is 0 Å². The van der Waals surface area contributed by atoms with E-state index in [-0.39, 0.29) is 0 Å². The number of aryl methyl sites for hydroxylation is 3. The van der Waals surface area contributed by atoms with E-state index in [1.165, 1.54) is 61.2 Å². The highest BCUT2D eigenvalue weighted by Crippen LogP contribution is 2.36. The van der Waals surface area contributed by atoms with Crippen LogP contribution < -0.4 is 0 Å². The average Bonchev–Trinajstić information content (AvgIpc) is 2.85. The van der Waals surface area contributed by atoms with Crippen molar-refractivity contribution in [3.8, 4) is 44.5 Å². The average molecular weight is 425 g/mol. The summed E-state index contributed by atoms with van der Waals surface area (Å²) in [6.07, 6.45) is 0. The van der Waals surface area contributed by atoms with Crippen LogP contribution in [0.4, 0.5) is 0 Å². The topological polar surface area (TPSA) is 0 Å². The maximum atomic E-state index is 2.31. The van der Waals surface area contributed by atoms with Crippen LogP contribution in [0.15, 0.2) is 115 Å². The molecule has 0 heterocycles. The van der Waals surface area contributed by atoms with E-state index >= 15 is 0 Å². The first-order valence-electron chi connectivity index (χ1n) is 11.5. The first-order valence-corrected chi connectivity index (χ1v) is 11.5. The Kier molecular flexibility index (Phi) is 5.67. The fraction of sp³-hybridized carbons (Fsp3) is 0.0909. The summed E-state index contributed by atoms with van der Waals surface area (Å²) in [5, 5.41) is 0. The molecule has 0 heteroatoms. The Morgan fingerprint density at radius 2 is 0.727 bits per heavy atom. The number of hydrogen-bond acceptors (Lipinski definition) is 0. The van der Waals surface area contributed by atoms with Crippen molar-refractivity contribution in [2.75, 3.05) is 0 Å². The highest BCUT2D eigenvalue weighted by atomic mass is 14.1. The van der Waals surface area contributed by atoms with Gasteiger partial charge in [0.25, 0.3) is 0 Å². The lowest BCUT2D eigenvalue weighted by Crippen LogP contribution is -1.89. The summed E-state index contributed by atoms with van der Waals surface area (Å²) in [7, 11) is 0. The van der Waals surface area contributed by atoms with E-state index in [4.69, 9.17) is 0 Å². The normalized spacial score (nSPS) is 10.9. The molecule has 160 valence electrons. The van der Waals surface area contributed by atoms with Gasteiger partial charge in [0, 0.05) is 0 Å². The molecule has 0 saturated heterocycles. The molecule has 0 atom stereocenters. The minimum Gasteiger partial charge on any atom is -0.0610 e. The molecule has 33 heavy (non-hydrogen) atoms. The van der Waals surface area contributed by atoms with Crippen LogP contribution in [-0.2, 0) is 0 Å². The van der Waals surface area contributed by atoms with Crippen LogP contribution in [0.5, 0.6) is 0 Å². The summed E-state index contributed by atoms with van der Waals surface area (Å²) in [6, 6.07) is 42.1. The van der Waals surface area contributed by atoms with Gasteiger partial charge in [-0.2, -0.15) is 0 Å². The molecular formula is C33H28. The molecule has 0 spiro atoms. The summed E-state index contributed by atoms with van der Waals surface area (Å²) in [6.45, 7) is 6.42. The lowest BCUT2D eigenvalue weighted by Gasteiger charge is -2.14. The number of hydrogen-bond donors (Lipinski definition) is 0. The van der Waals surface area contributed by atoms with E-state index in [0.29, 0.717) is 0 Å². The second-order valence-electron chi connectivity index (χ2n) is 8.94. The maximum Gasteiger partial charge on any atom is -0.0103 e. The van der Waals surface area contributed by atoms with E-state index in [1.54, 1.807) is 0 Å². The molecule has 0 nitrogen and oxygen atoms in total. The lowest BCUT2D eigenvalue weighted by atomic mass is 9.90. The zero-order valence-corrected chi connectivity index (χ0v) is 19.5. The first-order chi connectivity index (χ1) is 16.1. The van der Waals surface area contributed by atoms with Gasteiger partial charge in [0.05, 0.1) is 0 Å². The van der Waals surface area contributed by atoms with Gasteiger partial charge in [0.1, 0.15) is 0 Å². The Hall–Kier alpha value is -3.90. The quantitative estimate of drug-likeness (QED) is 0.270. The third-order valence-corrected chi connectivity index (χ3v) is 6.29. The highest BCUT2D eigenvalue weighted by Gasteiger charge is 2.10. The molecule has 0 bridgehead atoms. The van der Waals surface area contributed by atoms with Crippen molar-refractivity contribution in [3.63, 3.8) is 0 Å². The monoisotopic (exact) mass is 424 g/mol. The van der Waals surface area contributed by atoms with Gasteiger partial charge < -0.3 is 0 Å². The van der Waals surface area contributed by atoms with Gasteiger partial charge in [0.15, 0.2) is 0 Å². The van der Waals surface area contributed by atoms with E-state index < -0.39 is 0 Å². The number of rotatable bonds is 4. The smallest absolute Gasteiger partial charge is 0.0103 e. The van der Waals surface area contributed by atoms with Crippen molar-refractivity contribution in [1.29, 1.82) is 0 Å². The standard InChI is InChI=1S/C33H28/c1-23-10-15-26(16-11-23)28-6-4-8-30(21-28)32-19-14-25(3)20-33(32)31-9-5-7-29(22-31)27-17-12-24(2)13-18-27/h4-22H,1-3H3. The fourth-order valence-electron chi connectivity index (χ4n) is 4.37. The van der Waals surface area contributed by atoms with Crippen LogP contribution in [0.1, 0.15) is 16.7 Å². The Bertz CT molecular complexity index is 1400. The second-order valence-corrected chi connectivity index (χ2v) is 8.94. The maximum absolute atomic E-state index is 2.31. The van der Waals surface area contributed by atoms with Gasteiger partial charge in [0.2, 0.25) is 0 Å². The summed E-state index contributed by atoms with van der Waals surface area (Å²) in [5.74, 6) is 0. The van der Waals surface area contributed by atoms with Crippen LogP contribution in [-0.4, -0.2) is 0 Å². The highest BCUT2D eigenvalue weighted by molar-refractivity contribution is 5.87. The van der Waals surface area contributed by atoms with Crippen LogP contribution >= 0.6 is 0 Å². The van der Waals surface area contributed by atoms with Crippen LogP contribution in [0.25, 0.3) is 44.5 Å². The van der Waals surface area contributed by atoms with E-state index in [9.17, 15) is 0 Å². The van der Waals surface area contributed by atoms with Crippen LogP contribution in [0.3, 0.4) is 0 Å². The predicted molar refractivity (Wildman–Crippen MR) is 142 cm³/mol. The molecule has 5 rings (SSSR count). The van der Waals surface area contributed by atoms with E-state index in [1.807, 2.05) is 0 Å². The Morgan fingerprint density at radius 3 is 1.24 bits per heavy atom. The van der Waals surface area contributed by atoms with Gasteiger partial charge in [-0.05, 0) is 77.4 Å². The predicted octanol–water partition coefficient (Wildman–Crippen LogP) is 9.28. The van der Waals surface area contributed by atoms with Gasteiger partial charge in [-0.15, -0.1) is 0 Å². The van der Waals surface area contributed by atoms with Crippen molar-refractivity contribution < 1.29 is 0 Å². The molecule has 0 N–H and O–H groups in total. The Morgan fingerprint density at radius 1 is 0.303 bits per heavy atom. The minimum atomic E-state index is 1.24. The van der Waals surface area contributed by atoms with Crippen LogP contribution in [0.2, 0.25) is 0 Å². The van der Waals surface area contributed by atoms with Crippen LogP contribution in [0, 0.1) is 20.8 Å². The third-order valence-electron chi connectivity index (χ3n) is 6.29. The summed E-state index contributed by atoms with van der Waals surface area (Å²) in [5.41, 5.74) is 13.8. The molecule has 0 amide bonds. The zero-order chi connectivity index (χ0) is 22.8. The molecule has 0 saturated carbocycles. The van der Waals surface area contributed by atoms with Gasteiger partial charge in [-0.3, -0.25) is 0 Å². The molecule has 0 unspecified atom stereocenters. The second kappa shape index (κ2) is 8.92. The van der Waals surface area contributed by atoms with Crippen molar-refractivity contribution in [2.45, 2.75) is 20.8 Å². The molecule has 0 aliphatic heterocycles. The summed E-state index contributed by atoms with van der Waals surface area (Å²) in [4.78, 5) is 0. The SMILES string of the molecule is Cc1ccc(-c2cccc(-c3ccc(C)cc3-c3cccc(-c4ccc(C)cc4)c3)c2)cc1. The van der Waals surface area contributed by atoms with Gasteiger partial charge >= 0.3 is 0 Å². The third kappa shape index (κ3) is 4.52. The zero-order valence-electron chi connectivity index (χ0n) is 19.5. The van der Waals surface area contributed by atoms with Crippen molar-refractivity contribution in [2.24, 2.45) is 0 Å². The Balaban J connectivity index is 1.60. The van der Waals surface area contributed by atoms with E-state index in [0.717, 1.165) is 0 Å². The molecule has 0 aliphatic carbocycles. The van der Waals surface area contributed by atoms with Crippen molar-refractivity contribution in [1.82, 2.24) is 0 Å². The minimum absolute atomic E-state index is 1.24. The molecule has 5 aromatic carbocycles. The largest absolute Gasteiger partial charge is 0.0610 e. The molecule has 0 aromatic heterocycles.